The van der Waals surface area contributed by atoms with Crippen LogP contribution in [0, 0.1) is 11.8 Å². The van der Waals surface area contributed by atoms with E-state index in [1.165, 1.54) is 36.3 Å². The molecule has 2 heterocycles. The van der Waals surface area contributed by atoms with Crippen molar-refractivity contribution in [3.63, 3.8) is 0 Å². The molecule has 4 atom stereocenters. The number of nitrogens with one attached hydrogen (secondary N) is 4. The van der Waals surface area contributed by atoms with Crippen molar-refractivity contribution in [1.29, 1.82) is 0 Å². The van der Waals surface area contributed by atoms with Crippen molar-refractivity contribution in [2.75, 3.05) is 11.9 Å². The second kappa shape index (κ2) is 15.7. The monoisotopic (exact) mass is 647 g/mol. The van der Waals surface area contributed by atoms with Gasteiger partial charge in [0, 0.05) is 49.6 Å². The Balaban J connectivity index is 0.000000260. The summed E-state index contributed by atoms with van der Waals surface area (Å²) in [4.78, 5) is 73.7. The summed E-state index contributed by atoms with van der Waals surface area (Å²) in [6.07, 6.45) is 7.72. The van der Waals surface area contributed by atoms with E-state index in [-0.39, 0.29) is 49.4 Å². The third kappa shape index (κ3) is 9.07. The fourth-order valence-corrected chi connectivity index (χ4v) is 6.16. The topological polar surface area (TPSA) is 173 Å². The van der Waals surface area contributed by atoms with Crippen LogP contribution in [0.25, 0.3) is 0 Å². The molecule has 46 heavy (non-hydrogen) atoms. The molecule has 2 aliphatic rings. The Morgan fingerprint density at radius 2 is 1.96 bits per heavy atom. The lowest BCUT2D eigenvalue weighted by atomic mass is 9.62. The summed E-state index contributed by atoms with van der Waals surface area (Å²) >= 11 is 0. The SMILES string of the molecule is CC1CC2(NC(=O)Cn3cccc(NC=O)c3=O)CCCC(C2)C1(F)F.CCNC(=O)C(=O)CCC(C)NC(=O)c1cncn1C. The van der Waals surface area contributed by atoms with Crippen LogP contribution in [-0.4, -0.2) is 68.1 Å². The largest absolute Gasteiger partial charge is 0.350 e. The number of aryl methyl sites for hydroxylation is 1. The van der Waals surface area contributed by atoms with Crippen LogP contribution in [0.5, 0.6) is 0 Å². The average molecular weight is 648 g/mol. The minimum absolute atomic E-state index is 0.0807. The first kappa shape index (κ1) is 36.0. The number of alkyl halides is 2. The number of imidazole rings is 1. The molecule has 0 aliphatic heterocycles. The number of nitrogens with zero attached hydrogens (tertiary/aromatic N) is 3. The summed E-state index contributed by atoms with van der Waals surface area (Å²) in [5, 5.41) is 10.4. The van der Waals surface area contributed by atoms with E-state index in [1.54, 1.807) is 31.5 Å². The highest BCUT2D eigenvalue weighted by molar-refractivity contribution is 6.36. The van der Waals surface area contributed by atoms with Crippen molar-refractivity contribution in [3.05, 3.63) is 46.9 Å². The molecule has 13 nitrogen and oxygen atoms in total. The van der Waals surface area contributed by atoms with E-state index in [4.69, 9.17) is 0 Å². The summed E-state index contributed by atoms with van der Waals surface area (Å²) in [5.74, 6) is -5.85. The van der Waals surface area contributed by atoms with Gasteiger partial charge in [0.05, 0.1) is 12.5 Å². The van der Waals surface area contributed by atoms with Crippen molar-refractivity contribution < 1.29 is 32.8 Å². The van der Waals surface area contributed by atoms with Gasteiger partial charge in [-0.05, 0) is 58.1 Å². The molecule has 0 aromatic carbocycles. The van der Waals surface area contributed by atoms with Crippen LogP contribution in [0.3, 0.4) is 0 Å². The highest BCUT2D eigenvalue weighted by atomic mass is 19.3. The van der Waals surface area contributed by atoms with Gasteiger partial charge in [-0.1, -0.05) is 13.3 Å². The van der Waals surface area contributed by atoms with Crippen molar-refractivity contribution in [2.45, 2.75) is 89.8 Å². The number of anilines is 1. The fraction of sp³-hybridized carbons (Fsp3) is 0.581. The second-order valence-corrected chi connectivity index (χ2v) is 12.1. The number of pyridine rings is 1. The van der Waals surface area contributed by atoms with Crippen LogP contribution < -0.4 is 26.8 Å². The second-order valence-electron chi connectivity index (χ2n) is 12.1. The smallest absolute Gasteiger partial charge is 0.287 e. The maximum atomic E-state index is 14.3. The molecule has 4 N–H and O–H groups in total. The lowest BCUT2D eigenvalue weighted by Crippen LogP contribution is -2.60. The Bertz CT molecular complexity index is 1470. The van der Waals surface area contributed by atoms with Gasteiger partial charge in [0.1, 0.15) is 17.9 Å². The van der Waals surface area contributed by atoms with Crippen LogP contribution in [0.1, 0.15) is 76.2 Å². The molecule has 2 bridgehead atoms. The summed E-state index contributed by atoms with van der Waals surface area (Å²) in [7, 11) is 1.73. The van der Waals surface area contributed by atoms with E-state index in [1.807, 2.05) is 0 Å². The summed E-state index contributed by atoms with van der Waals surface area (Å²) in [6.45, 7) is 5.29. The molecular formula is C31H43F2N7O6. The highest BCUT2D eigenvalue weighted by Gasteiger charge is 2.56. The first-order valence-electron chi connectivity index (χ1n) is 15.4. The molecule has 2 aromatic rings. The Kier molecular flexibility index (Phi) is 12.3. The number of hydrogen-bond donors (Lipinski definition) is 4. The fourth-order valence-electron chi connectivity index (χ4n) is 6.16. The summed E-state index contributed by atoms with van der Waals surface area (Å²) < 4.78 is 31.4. The Hall–Kier alpha value is -4.43. The van der Waals surface area contributed by atoms with Crippen molar-refractivity contribution in [3.8, 4) is 0 Å². The van der Waals surface area contributed by atoms with Crippen molar-refractivity contribution >= 4 is 35.6 Å². The number of hydrogen-bond acceptors (Lipinski definition) is 7. The molecule has 0 saturated heterocycles. The zero-order valence-corrected chi connectivity index (χ0v) is 26.6. The van der Waals surface area contributed by atoms with Gasteiger partial charge >= 0.3 is 0 Å². The third-order valence-electron chi connectivity index (χ3n) is 8.52. The standard InChI is InChI=1S/C18H23F2N3O3.C13H20N4O3/c1-12-8-17(6-2-4-13(9-17)18(12,19)20)22-15(25)10-23-7-3-5-14(16(23)26)21-11-24;1-4-15-13(20)11(18)6-5-9(2)16-12(19)10-7-14-8-17(10)3/h3,5,7,11-13H,2,4,6,8-10H2,1H3,(H,21,24)(H,22,25);7-9H,4-6H2,1-3H3,(H,15,20)(H,16,19). The zero-order valence-electron chi connectivity index (χ0n) is 26.6. The van der Waals surface area contributed by atoms with Gasteiger partial charge in [0.2, 0.25) is 18.1 Å². The molecule has 2 saturated carbocycles. The zero-order chi connectivity index (χ0) is 34.1. The lowest BCUT2D eigenvalue weighted by Gasteiger charge is -2.51. The quantitative estimate of drug-likeness (QED) is 0.202. The van der Waals surface area contributed by atoms with Gasteiger partial charge in [-0.2, -0.15) is 0 Å². The Morgan fingerprint density at radius 3 is 2.61 bits per heavy atom. The van der Waals surface area contributed by atoms with Crippen LogP contribution >= 0.6 is 0 Å². The van der Waals surface area contributed by atoms with Gasteiger partial charge in [-0.3, -0.25) is 28.8 Å². The van der Waals surface area contributed by atoms with Crippen LogP contribution in [0.15, 0.2) is 35.6 Å². The van der Waals surface area contributed by atoms with Gasteiger partial charge in [0.25, 0.3) is 23.3 Å². The number of rotatable bonds is 12. The number of halogens is 2. The predicted molar refractivity (Wildman–Crippen MR) is 165 cm³/mol. The molecule has 0 radical (unpaired) electrons. The average Bonchev–Trinajstić information content (AvgIpc) is 3.43. The van der Waals surface area contributed by atoms with E-state index >= 15 is 0 Å². The van der Waals surface area contributed by atoms with E-state index in [2.05, 4.69) is 26.3 Å². The molecular weight excluding hydrogens is 604 g/mol. The summed E-state index contributed by atoms with van der Waals surface area (Å²) in [5.41, 5.74) is -0.579. The van der Waals surface area contributed by atoms with E-state index in [9.17, 15) is 37.5 Å². The number of carbonyl (C=O) groups is 5. The lowest BCUT2D eigenvalue weighted by molar-refractivity contribution is -0.164. The Morgan fingerprint density at radius 1 is 1.22 bits per heavy atom. The maximum absolute atomic E-state index is 14.3. The summed E-state index contributed by atoms with van der Waals surface area (Å²) in [6, 6.07) is 2.80. The maximum Gasteiger partial charge on any atom is 0.287 e. The number of Topliss-reactive ketones (excluding diaryl/α,β-unsaturated/α-hetero) is 1. The van der Waals surface area contributed by atoms with Gasteiger partial charge in [0.15, 0.2) is 0 Å². The number of amides is 4. The highest BCUT2D eigenvalue weighted by Crippen LogP contribution is 2.52. The normalized spacial score (nSPS) is 21.9. The molecule has 2 aliphatic carbocycles. The number of aromatic nitrogens is 3. The van der Waals surface area contributed by atoms with Crippen LogP contribution in [-0.2, 0) is 32.8 Å². The van der Waals surface area contributed by atoms with Crippen LogP contribution in [0.4, 0.5) is 14.5 Å². The number of ketones is 1. The molecule has 4 amide bonds. The van der Waals surface area contributed by atoms with Crippen molar-refractivity contribution in [1.82, 2.24) is 30.1 Å². The van der Waals surface area contributed by atoms with Gasteiger partial charge < -0.3 is 30.4 Å². The van der Waals surface area contributed by atoms with Gasteiger partial charge in [-0.25, -0.2) is 13.8 Å². The first-order valence-corrected chi connectivity index (χ1v) is 15.4. The Labute approximate surface area is 265 Å². The predicted octanol–water partition coefficient (Wildman–Crippen LogP) is 2.16. The van der Waals surface area contributed by atoms with Gasteiger partial charge in [-0.15, -0.1) is 0 Å². The molecule has 0 spiro atoms. The number of fused-ring (bicyclic) bond motifs is 2. The number of likely N-dealkylation sites (N-methyl/N-ethyl adjacent to an activating group) is 1. The number of carbonyl (C=O) groups excluding carboxylic acids is 5. The molecule has 15 heteroatoms. The van der Waals surface area contributed by atoms with Crippen molar-refractivity contribution in [2.24, 2.45) is 18.9 Å². The minimum atomic E-state index is -2.69. The molecule has 252 valence electrons. The minimum Gasteiger partial charge on any atom is -0.350 e. The molecule has 2 aromatic heterocycles. The van der Waals surface area contributed by atoms with Crippen LogP contribution in [0.2, 0.25) is 0 Å². The van der Waals surface area contributed by atoms with E-state index < -0.39 is 40.5 Å². The van der Waals surface area contributed by atoms with E-state index in [0.717, 1.165) is 0 Å². The molecule has 4 unspecified atom stereocenters. The first-order chi connectivity index (χ1) is 21.7. The molecule has 2 fully saturated rings. The third-order valence-corrected chi connectivity index (χ3v) is 8.52. The van der Waals surface area contributed by atoms with E-state index in [0.29, 0.717) is 44.3 Å². The molecule has 4 rings (SSSR count).